The Morgan fingerprint density at radius 1 is 1.12 bits per heavy atom. The zero-order chi connectivity index (χ0) is 19.2. The van der Waals surface area contributed by atoms with E-state index in [2.05, 4.69) is 6.92 Å². The number of ether oxygens (including phenoxy) is 2. The molecular formula is C18H26F2O5S. The molecule has 5 nitrogen and oxygen atoms in total. The molecule has 0 aromatic heterocycles. The third kappa shape index (κ3) is 6.90. The normalized spacial score (nSPS) is 20.8. The zero-order valence-corrected chi connectivity index (χ0v) is 15.9. The van der Waals surface area contributed by atoms with Crippen LogP contribution in [0.1, 0.15) is 31.7 Å². The molecule has 148 valence electrons. The molecule has 0 amide bonds. The van der Waals surface area contributed by atoms with E-state index in [0.717, 1.165) is 18.4 Å². The van der Waals surface area contributed by atoms with Crippen LogP contribution in [0.15, 0.2) is 29.2 Å². The summed E-state index contributed by atoms with van der Waals surface area (Å²) in [6.07, 6.45) is 1.77. The summed E-state index contributed by atoms with van der Waals surface area (Å²) in [7, 11) is -3.84. The van der Waals surface area contributed by atoms with Crippen LogP contribution in [0.3, 0.4) is 0 Å². The van der Waals surface area contributed by atoms with E-state index in [1.54, 1.807) is 12.1 Å². The van der Waals surface area contributed by atoms with Crippen molar-refractivity contribution in [2.75, 3.05) is 26.4 Å². The maximum Gasteiger partial charge on any atom is 0.296 e. The lowest BCUT2D eigenvalue weighted by Crippen LogP contribution is -2.37. The van der Waals surface area contributed by atoms with Gasteiger partial charge in [-0.15, -0.1) is 0 Å². The summed E-state index contributed by atoms with van der Waals surface area (Å²) in [6.45, 7) is 2.37. The smallest absolute Gasteiger partial charge is 0.296 e. The quantitative estimate of drug-likeness (QED) is 0.426. The van der Waals surface area contributed by atoms with Gasteiger partial charge < -0.3 is 9.47 Å². The third-order valence-corrected chi connectivity index (χ3v) is 5.48. The number of benzene rings is 1. The second-order valence-corrected chi connectivity index (χ2v) is 8.48. The summed E-state index contributed by atoms with van der Waals surface area (Å²) in [5, 5.41) is 0. The van der Waals surface area contributed by atoms with Crippen LogP contribution in [0.4, 0.5) is 8.78 Å². The molecule has 8 heteroatoms. The van der Waals surface area contributed by atoms with E-state index < -0.39 is 29.3 Å². The van der Waals surface area contributed by atoms with Crippen LogP contribution in [0, 0.1) is 12.8 Å². The lowest BCUT2D eigenvalue weighted by atomic mass is 9.84. The molecule has 1 aliphatic carbocycles. The van der Waals surface area contributed by atoms with Gasteiger partial charge in [0.15, 0.2) is 0 Å². The molecule has 2 rings (SSSR count). The second kappa shape index (κ2) is 9.21. The predicted molar refractivity (Wildman–Crippen MR) is 92.8 cm³/mol. The summed E-state index contributed by atoms with van der Waals surface area (Å²) >= 11 is 0. The van der Waals surface area contributed by atoms with Crippen LogP contribution >= 0.6 is 0 Å². The van der Waals surface area contributed by atoms with Crippen LogP contribution < -0.4 is 0 Å². The fourth-order valence-corrected chi connectivity index (χ4v) is 3.51. The summed E-state index contributed by atoms with van der Waals surface area (Å²) in [4.78, 5) is 0.0676. The molecule has 0 spiro atoms. The van der Waals surface area contributed by atoms with Gasteiger partial charge in [0.2, 0.25) is 0 Å². The molecule has 1 aromatic rings. The standard InChI is InChI=1S/C18H26F2O5S/c1-14-4-6-17(7-5-14)26(21,22)25-9-3-8-23-12-18(19,20)13-24-16-10-15(2)11-16/h4-7,15-16H,3,8-13H2,1-2H3. The molecule has 0 saturated heterocycles. The maximum atomic E-state index is 13.6. The molecule has 0 N–H and O–H groups in total. The fourth-order valence-electron chi connectivity index (χ4n) is 2.57. The molecule has 0 heterocycles. The highest BCUT2D eigenvalue weighted by atomic mass is 32.2. The average molecular weight is 392 g/mol. The van der Waals surface area contributed by atoms with Crippen LogP contribution in [0.2, 0.25) is 0 Å². The van der Waals surface area contributed by atoms with Gasteiger partial charge in [0.05, 0.1) is 17.6 Å². The van der Waals surface area contributed by atoms with Crippen molar-refractivity contribution < 1.29 is 30.9 Å². The van der Waals surface area contributed by atoms with Gasteiger partial charge in [-0.3, -0.25) is 4.18 Å². The largest absolute Gasteiger partial charge is 0.375 e. The monoisotopic (exact) mass is 392 g/mol. The molecule has 1 saturated carbocycles. The first-order chi connectivity index (χ1) is 12.2. The molecule has 1 aromatic carbocycles. The van der Waals surface area contributed by atoms with E-state index in [4.69, 9.17) is 13.7 Å². The first-order valence-electron chi connectivity index (χ1n) is 8.71. The van der Waals surface area contributed by atoms with E-state index in [1.165, 1.54) is 12.1 Å². The van der Waals surface area contributed by atoms with Gasteiger partial charge in [-0.2, -0.15) is 8.42 Å². The van der Waals surface area contributed by atoms with Gasteiger partial charge in [-0.05, 0) is 44.2 Å². The van der Waals surface area contributed by atoms with E-state index in [1.807, 2.05) is 6.92 Å². The second-order valence-electron chi connectivity index (χ2n) is 6.86. The van der Waals surface area contributed by atoms with E-state index in [-0.39, 0.29) is 30.6 Å². The highest BCUT2D eigenvalue weighted by Gasteiger charge is 2.34. The molecule has 1 fully saturated rings. The van der Waals surface area contributed by atoms with Crippen molar-refractivity contribution in [2.45, 2.75) is 50.0 Å². The molecule has 0 aliphatic heterocycles. The summed E-state index contributed by atoms with van der Waals surface area (Å²) < 4.78 is 66.1. The van der Waals surface area contributed by atoms with Crippen molar-refractivity contribution in [3.05, 3.63) is 29.8 Å². The molecule has 0 atom stereocenters. The van der Waals surface area contributed by atoms with Crippen molar-refractivity contribution in [1.82, 2.24) is 0 Å². The van der Waals surface area contributed by atoms with Gasteiger partial charge in [-0.25, -0.2) is 8.78 Å². The highest BCUT2D eigenvalue weighted by molar-refractivity contribution is 7.86. The Morgan fingerprint density at radius 3 is 2.38 bits per heavy atom. The number of rotatable bonds is 11. The van der Waals surface area contributed by atoms with Crippen LogP contribution in [0.25, 0.3) is 0 Å². The minimum atomic E-state index is -3.84. The van der Waals surface area contributed by atoms with Gasteiger partial charge in [-0.1, -0.05) is 24.6 Å². The van der Waals surface area contributed by atoms with Crippen molar-refractivity contribution in [3.63, 3.8) is 0 Å². The Morgan fingerprint density at radius 2 is 1.77 bits per heavy atom. The molecule has 0 unspecified atom stereocenters. The number of alkyl halides is 2. The van der Waals surface area contributed by atoms with Crippen molar-refractivity contribution in [2.24, 2.45) is 5.92 Å². The molecule has 0 radical (unpaired) electrons. The lowest BCUT2D eigenvalue weighted by molar-refractivity contribution is -0.153. The lowest BCUT2D eigenvalue weighted by Gasteiger charge is -2.33. The Bertz CT molecular complexity index is 655. The Kier molecular flexibility index (Phi) is 7.52. The average Bonchev–Trinajstić information content (AvgIpc) is 2.54. The maximum absolute atomic E-state index is 13.6. The Hall–Kier alpha value is -1.09. The topological polar surface area (TPSA) is 61.8 Å². The number of hydrogen-bond donors (Lipinski definition) is 0. The predicted octanol–water partition coefficient (Wildman–Crippen LogP) is 3.56. The Balaban J connectivity index is 1.58. The van der Waals surface area contributed by atoms with Crippen LogP contribution in [0.5, 0.6) is 0 Å². The summed E-state index contributed by atoms with van der Waals surface area (Å²) in [6, 6.07) is 6.27. The zero-order valence-electron chi connectivity index (χ0n) is 15.1. The van der Waals surface area contributed by atoms with Crippen molar-refractivity contribution in [1.29, 1.82) is 0 Å². The minimum Gasteiger partial charge on any atom is -0.375 e. The number of aryl methyl sites for hydroxylation is 1. The first-order valence-corrected chi connectivity index (χ1v) is 10.1. The Labute approximate surface area is 153 Å². The van der Waals surface area contributed by atoms with Crippen molar-refractivity contribution in [3.8, 4) is 0 Å². The van der Waals surface area contributed by atoms with Gasteiger partial charge >= 0.3 is 0 Å². The highest BCUT2D eigenvalue weighted by Crippen LogP contribution is 2.30. The van der Waals surface area contributed by atoms with Gasteiger partial charge in [0.1, 0.15) is 13.2 Å². The number of hydrogen-bond acceptors (Lipinski definition) is 5. The van der Waals surface area contributed by atoms with E-state index in [0.29, 0.717) is 5.92 Å². The summed E-state index contributed by atoms with van der Waals surface area (Å²) in [5.41, 5.74) is 0.939. The van der Waals surface area contributed by atoms with E-state index >= 15 is 0 Å². The molecule has 0 bridgehead atoms. The first kappa shape index (κ1) is 21.2. The third-order valence-electron chi connectivity index (χ3n) is 4.16. The number of halogens is 2. The van der Waals surface area contributed by atoms with Crippen molar-refractivity contribution >= 4 is 10.1 Å². The van der Waals surface area contributed by atoms with Crippen LogP contribution in [-0.4, -0.2) is 46.9 Å². The van der Waals surface area contributed by atoms with Gasteiger partial charge in [0.25, 0.3) is 16.0 Å². The molecule has 1 aliphatic rings. The SMILES string of the molecule is Cc1ccc(S(=O)(=O)OCCCOCC(F)(F)COC2CC(C)C2)cc1. The summed E-state index contributed by atoms with van der Waals surface area (Å²) in [5.74, 6) is -2.51. The minimum absolute atomic E-state index is 0.0144. The van der Waals surface area contributed by atoms with Crippen LogP contribution in [-0.2, 0) is 23.8 Å². The molecular weight excluding hydrogens is 366 g/mol. The van der Waals surface area contributed by atoms with E-state index in [9.17, 15) is 17.2 Å². The fraction of sp³-hybridized carbons (Fsp3) is 0.667. The van der Waals surface area contributed by atoms with Gasteiger partial charge in [0, 0.05) is 6.61 Å². The molecule has 26 heavy (non-hydrogen) atoms.